The first kappa shape index (κ1) is 29.4. The molecule has 2 aromatic carbocycles. The molecule has 0 saturated heterocycles. The monoisotopic (exact) mass is 620 g/mol. The third kappa shape index (κ3) is 5.03. The summed E-state index contributed by atoms with van der Waals surface area (Å²) in [5, 5.41) is 12.0. The molecule has 0 spiro atoms. The average Bonchev–Trinajstić information content (AvgIpc) is 3.35. The first-order valence-corrected chi connectivity index (χ1v) is 17.1. The van der Waals surface area contributed by atoms with Crippen LogP contribution in [0.3, 0.4) is 0 Å². The number of benzene rings is 2. The Balaban J connectivity index is 1.15. The van der Waals surface area contributed by atoms with Crippen LogP contribution < -0.4 is 0 Å². The predicted molar refractivity (Wildman–Crippen MR) is 170 cm³/mol. The number of carbonyl (C=O) groups is 1. The number of fused-ring (bicyclic) bond motifs is 5. The molecule has 3 nitrogen and oxygen atoms in total. The second-order valence-corrected chi connectivity index (χ2v) is 15.9. The zero-order valence-electron chi connectivity index (χ0n) is 25.5. The Morgan fingerprint density at radius 1 is 0.902 bits per heavy atom. The van der Waals surface area contributed by atoms with Crippen LogP contribution in [0.15, 0.2) is 54.6 Å². The van der Waals surface area contributed by atoms with Crippen molar-refractivity contribution < 1.29 is 14.6 Å². The van der Waals surface area contributed by atoms with Crippen molar-refractivity contribution >= 4 is 21.9 Å². The topological polar surface area (TPSA) is 46.5 Å². The maximum atomic E-state index is 12.1. The molecule has 4 heteroatoms. The molecule has 0 radical (unpaired) electrons. The molecule has 2 aromatic rings. The number of ether oxygens (including phenoxy) is 1. The number of methoxy groups -OCH3 is 1. The van der Waals surface area contributed by atoms with E-state index in [9.17, 15) is 9.90 Å². The Kier molecular flexibility index (Phi) is 7.98. The number of hydrogen-bond donors (Lipinski definition) is 1. The number of esters is 1. The quantitative estimate of drug-likeness (QED) is 0.259. The van der Waals surface area contributed by atoms with Crippen LogP contribution >= 0.6 is 15.9 Å². The summed E-state index contributed by atoms with van der Waals surface area (Å²) in [4.78, 5) is 11.9. The zero-order chi connectivity index (χ0) is 29.0. The molecular formula is C37H49BrO3. The smallest absolute Gasteiger partial charge is 0.319 e. The molecule has 1 unspecified atom stereocenters. The maximum Gasteiger partial charge on any atom is 0.319 e. The van der Waals surface area contributed by atoms with Gasteiger partial charge < -0.3 is 9.84 Å². The van der Waals surface area contributed by atoms with Gasteiger partial charge in [0.2, 0.25) is 0 Å². The van der Waals surface area contributed by atoms with Crippen LogP contribution in [-0.4, -0.2) is 23.0 Å². The van der Waals surface area contributed by atoms with Crippen molar-refractivity contribution in [1.82, 2.24) is 0 Å². The lowest BCUT2D eigenvalue weighted by Crippen LogP contribution is -2.55. The van der Waals surface area contributed by atoms with E-state index < -0.39 is 5.60 Å². The summed E-state index contributed by atoms with van der Waals surface area (Å²) in [5.74, 6) is 4.02. The van der Waals surface area contributed by atoms with E-state index in [1.165, 1.54) is 56.8 Å². The molecule has 4 fully saturated rings. The molecule has 4 aliphatic carbocycles. The summed E-state index contributed by atoms with van der Waals surface area (Å²) in [5.41, 5.74) is 3.53. The molecule has 222 valence electrons. The van der Waals surface area contributed by atoms with Crippen molar-refractivity contribution in [2.75, 3.05) is 7.11 Å². The lowest BCUT2D eigenvalue weighted by atomic mass is 9.43. The highest BCUT2D eigenvalue weighted by Crippen LogP contribution is 2.69. The van der Waals surface area contributed by atoms with E-state index in [1.807, 2.05) is 0 Å². The van der Waals surface area contributed by atoms with Gasteiger partial charge in [0.15, 0.2) is 0 Å². The maximum absolute atomic E-state index is 12.1. The van der Waals surface area contributed by atoms with E-state index in [-0.39, 0.29) is 10.8 Å². The minimum Gasteiger partial charge on any atom is -0.468 e. The van der Waals surface area contributed by atoms with Gasteiger partial charge in [-0.15, -0.1) is 0 Å². The summed E-state index contributed by atoms with van der Waals surface area (Å²) < 4.78 is 5.00. The summed E-state index contributed by atoms with van der Waals surface area (Å²) in [6.45, 7) is 7.56. The summed E-state index contributed by atoms with van der Waals surface area (Å²) in [7, 11) is 1.49. The standard InChI is InChI=1S/C37H49BrO3/c1-24(22-33(38)34(39)41-4)30-16-17-31-29-15-14-28-23-37(40,21-20-35(28,2)32(29)18-19-36(30,31)3)27-12-10-26(11-13-27)25-8-6-5-7-9-25/h5-13,24,28-33,40H,14-23H2,1-4H3/t24-,28-,29+,30-,31+,32+,33?,35+,36-,37+/m1/s1. The van der Waals surface area contributed by atoms with E-state index in [0.29, 0.717) is 28.6 Å². The van der Waals surface area contributed by atoms with Crippen molar-refractivity contribution in [1.29, 1.82) is 0 Å². The van der Waals surface area contributed by atoms with Gasteiger partial charge in [0.1, 0.15) is 4.83 Å². The van der Waals surface area contributed by atoms with Gasteiger partial charge in [0.05, 0.1) is 12.7 Å². The highest BCUT2D eigenvalue weighted by molar-refractivity contribution is 9.10. The largest absolute Gasteiger partial charge is 0.468 e. The minimum atomic E-state index is -0.713. The van der Waals surface area contributed by atoms with Gasteiger partial charge in [-0.3, -0.25) is 4.79 Å². The Bertz CT molecular complexity index is 1230. The van der Waals surface area contributed by atoms with E-state index in [0.717, 1.165) is 49.0 Å². The van der Waals surface area contributed by atoms with Gasteiger partial charge in [0.25, 0.3) is 0 Å². The molecule has 0 amide bonds. The average molecular weight is 622 g/mol. The molecular weight excluding hydrogens is 572 g/mol. The van der Waals surface area contributed by atoms with E-state index >= 15 is 0 Å². The Hall–Kier alpha value is -1.65. The van der Waals surface area contributed by atoms with Gasteiger partial charge >= 0.3 is 5.97 Å². The van der Waals surface area contributed by atoms with Gasteiger partial charge in [-0.2, -0.15) is 0 Å². The van der Waals surface area contributed by atoms with Gasteiger partial charge in [0, 0.05) is 0 Å². The minimum absolute atomic E-state index is 0.143. The van der Waals surface area contributed by atoms with Crippen molar-refractivity contribution in [2.24, 2.45) is 46.3 Å². The lowest BCUT2D eigenvalue weighted by molar-refractivity contribution is -0.155. The lowest BCUT2D eigenvalue weighted by Gasteiger charge is -2.62. The van der Waals surface area contributed by atoms with E-state index in [1.54, 1.807) is 0 Å². The Morgan fingerprint density at radius 2 is 1.59 bits per heavy atom. The van der Waals surface area contributed by atoms with E-state index in [4.69, 9.17) is 4.74 Å². The van der Waals surface area contributed by atoms with Crippen molar-refractivity contribution in [3.63, 3.8) is 0 Å². The van der Waals surface area contributed by atoms with Crippen molar-refractivity contribution in [2.45, 2.75) is 95.4 Å². The second-order valence-electron chi connectivity index (χ2n) is 14.8. The SMILES string of the molecule is COC(=O)C(Br)C[C@@H](C)[C@H]1CC[C@H]2[C@@H]3CC[C@@H]4C[C@](O)(c5ccc(-c6ccccc6)cc5)CC[C@]4(C)[C@H]3CC[C@]12C. The highest BCUT2D eigenvalue weighted by atomic mass is 79.9. The van der Waals surface area contributed by atoms with Crippen LogP contribution in [-0.2, 0) is 15.1 Å². The molecule has 1 N–H and O–H groups in total. The normalized spacial score (nSPS) is 39.6. The fraction of sp³-hybridized carbons (Fsp3) is 0.649. The Labute approximate surface area is 256 Å². The van der Waals surface area contributed by atoms with Crippen molar-refractivity contribution in [3.8, 4) is 11.1 Å². The van der Waals surface area contributed by atoms with Crippen LogP contribution in [0.25, 0.3) is 11.1 Å². The molecule has 10 atom stereocenters. The number of rotatable bonds is 6. The number of aliphatic hydroxyl groups is 1. The Morgan fingerprint density at radius 3 is 2.29 bits per heavy atom. The van der Waals surface area contributed by atoms with Crippen molar-refractivity contribution in [3.05, 3.63) is 60.2 Å². The number of alkyl halides is 1. The summed E-state index contributed by atoms with van der Waals surface area (Å²) in [6, 6.07) is 19.3. The molecule has 0 bridgehead atoms. The third-order valence-electron chi connectivity index (χ3n) is 13.1. The predicted octanol–water partition coefficient (Wildman–Crippen LogP) is 9.16. The van der Waals surface area contributed by atoms with Crippen LogP contribution in [0.5, 0.6) is 0 Å². The second kappa shape index (κ2) is 11.1. The highest BCUT2D eigenvalue weighted by Gasteiger charge is 2.61. The molecule has 4 saturated carbocycles. The fourth-order valence-electron chi connectivity index (χ4n) is 10.8. The number of hydrogen-bond acceptors (Lipinski definition) is 3. The van der Waals surface area contributed by atoms with Crippen LogP contribution in [0.2, 0.25) is 0 Å². The fourth-order valence-corrected chi connectivity index (χ4v) is 11.6. The molecule has 0 aromatic heterocycles. The van der Waals surface area contributed by atoms with Crippen LogP contribution in [0, 0.1) is 46.3 Å². The molecule has 4 aliphatic rings. The first-order valence-electron chi connectivity index (χ1n) is 16.2. The van der Waals surface area contributed by atoms with Gasteiger partial charge in [-0.25, -0.2) is 0 Å². The molecule has 6 rings (SSSR count). The number of halogens is 1. The van der Waals surface area contributed by atoms with Crippen LogP contribution in [0.1, 0.15) is 90.5 Å². The molecule has 41 heavy (non-hydrogen) atoms. The zero-order valence-corrected chi connectivity index (χ0v) is 27.0. The summed E-state index contributed by atoms with van der Waals surface area (Å²) in [6.07, 6.45) is 11.6. The van der Waals surface area contributed by atoms with Gasteiger partial charge in [-0.1, -0.05) is 91.3 Å². The van der Waals surface area contributed by atoms with Gasteiger partial charge in [-0.05, 0) is 127 Å². The third-order valence-corrected chi connectivity index (χ3v) is 13.8. The molecule has 0 aliphatic heterocycles. The van der Waals surface area contributed by atoms with Crippen LogP contribution in [0.4, 0.5) is 0 Å². The molecule has 0 heterocycles. The number of carbonyl (C=O) groups excluding carboxylic acids is 1. The van der Waals surface area contributed by atoms with E-state index in [2.05, 4.69) is 91.3 Å². The summed E-state index contributed by atoms with van der Waals surface area (Å²) >= 11 is 3.60. The first-order chi connectivity index (χ1) is 19.6.